The molecule has 1 aliphatic rings. The van der Waals surface area contributed by atoms with E-state index in [-0.39, 0.29) is 16.3 Å². The first-order valence-electron chi connectivity index (χ1n) is 9.80. The molecule has 4 N–H and O–H groups in total. The molecular formula is C21H21F2N5O2S. The zero-order chi connectivity index (χ0) is 21.8. The van der Waals surface area contributed by atoms with Crippen LogP contribution in [0.5, 0.6) is 0 Å². The van der Waals surface area contributed by atoms with Crippen LogP contribution in [-0.2, 0) is 0 Å². The molecule has 4 rings (SSSR count). The van der Waals surface area contributed by atoms with Crippen LogP contribution in [0, 0.1) is 17.6 Å². The van der Waals surface area contributed by atoms with Crippen molar-refractivity contribution in [3.05, 3.63) is 64.9 Å². The Kier molecular flexibility index (Phi) is 6.62. The first-order valence-corrected chi connectivity index (χ1v) is 10.7. The smallest absolute Gasteiger partial charge is 0.275 e. The minimum atomic E-state index is -0.989. The predicted molar refractivity (Wildman–Crippen MR) is 114 cm³/mol. The summed E-state index contributed by atoms with van der Waals surface area (Å²) in [6.45, 7) is 2.49. The maximum atomic E-state index is 14.0. The molecule has 10 heteroatoms. The second kappa shape index (κ2) is 9.56. The molecule has 1 saturated heterocycles. The molecular weight excluding hydrogens is 424 g/mol. The Balaban J connectivity index is 1.47. The number of aliphatic hydroxyl groups excluding tert-OH is 1. The number of anilines is 1. The molecule has 0 bridgehead atoms. The van der Waals surface area contributed by atoms with E-state index in [0.717, 1.165) is 43.0 Å². The lowest BCUT2D eigenvalue weighted by molar-refractivity contribution is 0.102. The Hall–Kier alpha value is -2.79. The summed E-state index contributed by atoms with van der Waals surface area (Å²) in [4.78, 5) is 20.8. The Morgan fingerprint density at radius 2 is 2.13 bits per heavy atom. The standard InChI is InChI=1S/C21H21F2N5O2S/c22-14-2-1-3-15(23)18(14)21-28-17(11-31-21)20(30)27-16-10-25-7-5-13(16)19(29)26-9-12-4-6-24-8-12/h1-3,5,7,10-12,19,24,26,29H,4,6,8-9H2,(H,27,30). The molecule has 31 heavy (non-hydrogen) atoms. The van der Waals surface area contributed by atoms with Crippen LogP contribution in [0.25, 0.3) is 10.6 Å². The van der Waals surface area contributed by atoms with Crippen molar-refractivity contribution >= 4 is 22.9 Å². The summed E-state index contributed by atoms with van der Waals surface area (Å²) in [6, 6.07) is 5.15. The third-order valence-electron chi connectivity index (χ3n) is 5.07. The van der Waals surface area contributed by atoms with Crippen LogP contribution in [0.2, 0.25) is 0 Å². The number of aliphatic hydroxyl groups is 1. The monoisotopic (exact) mass is 445 g/mol. The van der Waals surface area contributed by atoms with Gasteiger partial charge in [-0.2, -0.15) is 0 Å². The summed E-state index contributed by atoms with van der Waals surface area (Å²) in [5, 5.41) is 21.1. The fraction of sp³-hybridized carbons (Fsp3) is 0.286. The van der Waals surface area contributed by atoms with E-state index >= 15 is 0 Å². The Morgan fingerprint density at radius 1 is 1.32 bits per heavy atom. The minimum Gasteiger partial charge on any atom is -0.374 e. The van der Waals surface area contributed by atoms with E-state index in [1.165, 1.54) is 23.8 Å². The molecule has 1 fully saturated rings. The maximum absolute atomic E-state index is 14.0. The van der Waals surface area contributed by atoms with Crippen molar-refractivity contribution in [2.24, 2.45) is 5.92 Å². The molecule has 0 spiro atoms. The van der Waals surface area contributed by atoms with Gasteiger partial charge in [0.25, 0.3) is 5.91 Å². The molecule has 0 aliphatic carbocycles. The number of rotatable bonds is 7. The number of halogens is 2. The largest absolute Gasteiger partial charge is 0.374 e. The lowest BCUT2D eigenvalue weighted by atomic mass is 10.1. The molecule has 3 aromatic rings. The Morgan fingerprint density at radius 3 is 2.87 bits per heavy atom. The predicted octanol–water partition coefficient (Wildman–Crippen LogP) is 2.93. The number of thiazole rings is 1. The van der Waals surface area contributed by atoms with Gasteiger partial charge in [0.1, 0.15) is 28.6 Å². The zero-order valence-electron chi connectivity index (χ0n) is 16.4. The van der Waals surface area contributed by atoms with Crippen LogP contribution in [0.1, 0.15) is 28.7 Å². The highest BCUT2D eigenvalue weighted by Crippen LogP contribution is 2.29. The number of benzene rings is 1. The zero-order valence-corrected chi connectivity index (χ0v) is 17.3. The van der Waals surface area contributed by atoms with Crippen molar-refractivity contribution in [3.63, 3.8) is 0 Å². The molecule has 3 heterocycles. The van der Waals surface area contributed by atoms with Crippen molar-refractivity contribution in [1.29, 1.82) is 0 Å². The van der Waals surface area contributed by atoms with Gasteiger partial charge in [0, 0.05) is 23.7 Å². The molecule has 7 nitrogen and oxygen atoms in total. The molecule has 0 saturated carbocycles. The van der Waals surface area contributed by atoms with Crippen molar-refractivity contribution in [2.75, 3.05) is 25.0 Å². The second-order valence-electron chi connectivity index (χ2n) is 7.22. The fourth-order valence-electron chi connectivity index (χ4n) is 3.41. The number of carbonyl (C=O) groups is 1. The maximum Gasteiger partial charge on any atom is 0.275 e. The van der Waals surface area contributed by atoms with Crippen LogP contribution in [0.15, 0.2) is 42.0 Å². The number of hydrogen-bond donors (Lipinski definition) is 4. The van der Waals surface area contributed by atoms with E-state index < -0.39 is 23.8 Å². The number of amides is 1. The van der Waals surface area contributed by atoms with E-state index in [4.69, 9.17) is 0 Å². The average Bonchev–Trinajstić information content (AvgIpc) is 3.45. The number of nitrogens with one attached hydrogen (secondary N) is 3. The van der Waals surface area contributed by atoms with Gasteiger partial charge in [-0.15, -0.1) is 11.3 Å². The molecule has 2 unspecified atom stereocenters. The van der Waals surface area contributed by atoms with E-state index in [2.05, 4.69) is 25.9 Å². The van der Waals surface area contributed by atoms with Gasteiger partial charge in [-0.05, 0) is 43.6 Å². The Bertz CT molecular complexity index is 1050. The Labute approximate surface area is 181 Å². The molecule has 162 valence electrons. The number of aromatic nitrogens is 2. The fourth-order valence-corrected chi connectivity index (χ4v) is 4.25. The molecule has 2 aromatic heterocycles. The quantitative estimate of drug-likeness (QED) is 0.418. The lowest BCUT2D eigenvalue weighted by Crippen LogP contribution is -2.29. The summed E-state index contributed by atoms with van der Waals surface area (Å²) in [5.74, 6) is -1.63. The summed E-state index contributed by atoms with van der Waals surface area (Å²) < 4.78 is 28.0. The number of hydrogen-bond acceptors (Lipinski definition) is 7. The number of pyridine rings is 1. The van der Waals surface area contributed by atoms with Gasteiger partial charge in [0.05, 0.1) is 17.4 Å². The van der Waals surface area contributed by atoms with Gasteiger partial charge >= 0.3 is 0 Å². The van der Waals surface area contributed by atoms with Crippen LogP contribution in [-0.4, -0.2) is 40.6 Å². The number of nitrogens with zero attached hydrogens (tertiary/aromatic N) is 2. The van der Waals surface area contributed by atoms with Crippen LogP contribution in [0.3, 0.4) is 0 Å². The van der Waals surface area contributed by atoms with E-state index in [9.17, 15) is 18.7 Å². The summed E-state index contributed by atoms with van der Waals surface area (Å²) in [6.07, 6.45) is 3.00. The molecule has 0 radical (unpaired) electrons. The lowest BCUT2D eigenvalue weighted by Gasteiger charge is -2.18. The topological polar surface area (TPSA) is 99.2 Å². The van der Waals surface area contributed by atoms with Gasteiger partial charge in [0.15, 0.2) is 0 Å². The van der Waals surface area contributed by atoms with Crippen molar-refractivity contribution in [2.45, 2.75) is 12.6 Å². The highest BCUT2D eigenvalue weighted by molar-refractivity contribution is 7.13. The van der Waals surface area contributed by atoms with Crippen LogP contribution >= 0.6 is 11.3 Å². The van der Waals surface area contributed by atoms with E-state index in [1.807, 2.05) is 0 Å². The van der Waals surface area contributed by atoms with Crippen LogP contribution in [0.4, 0.5) is 14.5 Å². The normalized spacial score (nSPS) is 16.9. The van der Waals surface area contributed by atoms with Crippen molar-refractivity contribution < 1.29 is 18.7 Å². The minimum absolute atomic E-state index is 0.0111. The third kappa shape index (κ3) is 4.93. The van der Waals surface area contributed by atoms with Gasteiger partial charge in [0.2, 0.25) is 0 Å². The summed E-state index contributed by atoms with van der Waals surface area (Å²) >= 11 is 0.967. The molecule has 1 amide bonds. The molecule has 1 aromatic carbocycles. The summed E-state index contributed by atoms with van der Waals surface area (Å²) in [5.41, 5.74) is 0.528. The van der Waals surface area contributed by atoms with Gasteiger partial charge in [-0.25, -0.2) is 13.8 Å². The van der Waals surface area contributed by atoms with Crippen molar-refractivity contribution in [3.8, 4) is 10.6 Å². The second-order valence-corrected chi connectivity index (χ2v) is 8.08. The van der Waals surface area contributed by atoms with Crippen molar-refractivity contribution in [1.82, 2.24) is 20.6 Å². The SMILES string of the molecule is O=C(Nc1cnccc1C(O)NCC1CCNC1)c1csc(-c2c(F)cccc2F)n1. The number of carbonyl (C=O) groups excluding carboxylic acids is 1. The van der Waals surface area contributed by atoms with E-state index in [1.54, 1.807) is 6.07 Å². The molecule has 2 atom stereocenters. The highest BCUT2D eigenvalue weighted by atomic mass is 32.1. The van der Waals surface area contributed by atoms with Gasteiger partial charge in [-0.1, -0.05) is 6.07 Å². The summed E-state index contributed by atoms with van der Waals surface area (Å²) in [7, 11) is 0. The van der Waals surface area contributed by atoms with Crippen LogP contribution < -0.4 is 16.0 Å². The molecule has 1 aliphatic heterocycles. The first kappa shape index (κ1) is 21.4. The van der Waals surface area contributed by atoms with Gasteiger partial charge in [-0.3, -0.25) is 15.1 Å². The highest BCUT2D eigenvalue weighted by Gasteiger charge is 2.21. The average molecular weight is 445 g/mol. The van der Waals surface area contributed by atoms with Gasteiger partial charge < -0.3 is 15.7 Å². The third-order valence-corrected chi connectivity index (χ3v) is 5.93. The first-order chi connectivity index (χ1) is 15.0. The van der Waals surface area contributed by atoms with E-state index in [0.29, 0.717) is 23.7 Å².